The van der Waals surface area contributed by atoms with Crippen molar-refractivity contribution in [1.29, 1.82) is 0 Å². The van der Waals surface area contributed by atoms with Crippen LogP contribution in [0.15, 0.2) is 54.6 Å². The minimum atomic E-state index is -4.54. The number of ether oxygens (including phenoxy) is 2. The lowest BCUT2D eigenvalue weighted by atomic mass is 9.96. The van der Waals surface area contributed by atoms with E-state index in [0.29, 0.717) is 17.1 Å². The number of carbonyl (C=O) groups excluding carboxylic acids is 1. The maximum atomic E-state index is 13.9. The van der Waals surface area contributed by atoms with Gasteiger partial charge in [-0.3, -0.25) is 4.79 Å². The Kier molecular flexibility index (Phi) is 5.15. The molecule has 172 valence electrons. The minimum absolute atomic E-state index is 0.0781. The normalized spacial score (nSPS) is 20.0. The zero-order chi connectivity index (χ0) is 23.2. The van der Waals surface area contributed by atoms with Gasteiger partial charge in [-0.05, 0) is 30.2 Å². The number of halogens is 3. The predicted molar refractivity (Wildman–Crippen MR) is 113 cm³/mol. The second-order valence-electron chi connectivity index (χ2n) is 8.07. The Hall–Kier alpha value is -3.69. The molecule has 5 rings (SSSR count). The van der Waals surface area contributed by atoms with Gasteiger partial charge in [0.05, 0.1) is 12.1 Å². The lowest BCUT2D eigenvalue weighted by molar-refractivity contribution is -0.173. The molecular formula is C23H21F3N4O3. The van der Waals surface area contributed by atoms with Crippen LogP contribution in [0.4, 0.5) is 19.0 Å². The Morgan fingerprint density at radius 3 is 2.67 bits per heavy atom. The number of carbonyl (C=O) groups is 1. The molecule has 0 saturated heterocycles. The molecule has 2 aromatic carbocycles. The topological polar surface area (TPSA) is 77.4 Å². The lowest BCUT2D eigenvalue weighted by Gasteiger charge is -2.33. The third kappa shape index (κ3) is 4.08. The number of nitrogens with one attached hydrogen (secondary N) is 2. The first-order valence-corrected chi connectivity index (χ1v) is 10.5. The number of hydrogen-bond donors (Lipinski definition) is 2. The number of benzene rings is 2. The molecule has 0 radical (unpaired) electrons. The van der Waals surface area contributed by atoms with Crippen molar-refractivity contribution in [3.63, 3.8) is 0 Å². The second kappa shape index (κ2) is 8.02. The van der Waals surface area contributed by atoms with E-state index in [9.17, 15) is 18.0 Å². The maximum absolute atomic E-state index is 13.9. The van der Waals surface area contributed by atoms with Crippen LogP contribution in [0.1, 0.15) is 53.1 Å². The Morgan fingerprint density at radius 2 is 1.91 bits per heavy atom. The predicted octanol–water partition coefficient (Wildman–Crippen LogP) is 4.76. The van der Waals surface area contributed by atoms with Crippen molar-refractivity contribution in [1.82, 2.24) is 15.1 Å². The number of alkyl halides is 3. The molecule has 3 aromatic rings. The van der Waals surface area contributed by atoms with Crippen molar-refractivity contribution in [3.05, 3.63) is 71.4 Å². The third-order valence-corrected chi connectivity index (χ3v) is 5.87. The van der Waals surface area contributed by atoms with E-state index in [2.05, 4.69) is 15.7 Å². The molecule has 1 amide bonds. The molecule has 3 atom stereocenters. The Balaban J connectivity index is 1.41. The largest absolute Gasteiger partial charge is 0.454 e. The molecule has 1 aromatic heterocycles. The smallest absolute Gasteiger partial charge is 0.410 e. The molecule has 7 nitrogen and oxygen atoms in total. The van der Waals surface area contributed by atoms with E-state index in [4.69, 9.17) is 9.47 Å². The molecule has 0 aliphatic carbocycles. The highest BCUT2D eigenvalue weighted by molar-refractivity contribution is 5.93. The van der Waals surface area contributed by atoms with E-state index in [1.54, 1.807) is 25.1 Å². The van der Waals surface area contributed by atoms with Gasteiger partial charge in [-0.1, -0.05) is 36.4 Å². The SMILES string of the molecule is C[C@@H](NC(=O)c1cc2n(n1)[C@@H](C(F)(F)F)C[C@@H](c1ccc3c(c1)OCO3)N2)c1ccccc1. The summed E-state index contributed by atoms with van der Waals surface area (Å²) in [5.41, 5.74) is 1.43. The number of fused-ring (bicyclic) bond motifs is 2. The first kappa shape index (κ1) is 21.2. The van der Waals surface area contributed by atoms with Gasteiger partial charge < -0.3 is 20.1 Å². The van der Waals surface area contributed by atoms with Crippen LogP contribution in [0.25, 0.3) is 0 Å². The Labute approximate surface area is 187 Å². The number of anilines is 1. The molecule has 2 aliphatic rings. The van der Waals surface area contributed by atoms with Crippen LogP contribution < -0.4 is 20.1 Å². The summed E-state index contributed by atoms with van der Waals surface area (Å²) in [6, 6.07) is 12.8. The van der Waals surface area contributed by atoms with Gasteiger partial charge in [0.1, 0.15) is 5.82 Å². The highest BCUT2D eigenvalue weighted by Crippen LogP contribution is 2.45. The van der Waals surface area contributed by atoms with E-state index in [-0.39, 0.29) is 30.8 Å². The summed E-state index contributed by atoms with van der Waals surface area (Å²) < 4.78 is 53.3. The summed E-state index contributed by atoms with van der Waals surface area (Å²) >= 11 is 0. The van der Waals surface area contributed by atoms with E-state index < -0.39 is 24.2 Å². The first-order valence-electron chi connectivity index (χ1n) is 10.5. The van der Waals surface area contributed by atoms with Crippen LogP contribution >= 0.6 is 0 Å². The van der Waals surface area contributed by atoms with Crippen molar-refractivity contribution in [3.8, 4) is 11.5 Å². The molecule has 0 spiro atoms. The van der Waals surface area contributed by atoms with E-state index in [0.717, 1.165) is 10.2 Å². The Bertz CT molecular complexity index is 1180. The molecule has 2 N–H and O–H groups in total. The van der Waals surface area contributed by atoms with Crippen LogP contribution in [0.3, 0.4) is 0 Å². The molecule has 10 heteroatoms. The summed E-state index contributed by atoms with van der Waals surface area (Å²) in [5, 5.41) is 9.89. The standard InChI is InChI=1S/C23H21F3N4O3/c1-13(14-5-3-2-4-6-14)27-22(31)17-11-21-28-16(10-20(23(24,25)26)30(21)29-17)15-7-8-18-19(9-15)33-12-32-18/h2-9,11,13,16,20,28H,10,12H2,1H3,(H,27,31)/t13-,16+,20-/m1/s1. The minimum Gasteiger partial charge on any atom is -0.454 e. The average Bonchev–Trinajstić information content (AvgIpc) is 3.44. The second-order valence-corrected chi connectivity index (χ2v) is 8.07. The number of rotatable bonds is 4. The van der Waals surface area contributed by atoms with Crippen molar-refractivity contribution >= 4 is 11.7 Å². The average molecular weight is 458 g/mol. The van der Waals surface area contributed by atoms with Crippen LogP contribution in [0.2, 0.25) is 0 Å². The van der Waals surface area contributed by atoms with Crippen LogP contribution in [-0.2, 0) is 0 Å². The molecule has 0 unspecified atom stereocenters. The molecule has 0 saturated carbocycles. The highest BCUT2D eigenvalue weighted by Gasteiger charge is 2.47. The molecule has 33 heavy (non-hydrogen) atoms. The summed E-state index contributed by atoms with van der Waals surface area (Å²) in [7, 11) is 0. The van der Waals surface area contributed by atoms with E-state index in [1.165, 1.54) is 6.07 Å². The molecule has 0 fully saturated rings. The quantitative estimate of drug-likeness (QED) is 0.589. The monoisotopic (exact) mass is 458 g/mol. The van der Waals surface area contributed by atoms with Crippen molar-refractivity contribution in [2.75, 3.05) is 12.1 Å². The first-order chi connectivity index (χ1) is 15.8. The molecule has 0 bridgehead atoms. The number of amides is 1. The van der Waals surface area contributed by atoms with Gasteiger partial charge in [-0.25, -0.2) is 4.68 Å². The number of nitrogens with zero attached hydrogens (tertiary/aromatic N) is 2. The number of hydrogen-bond acceptors (Lipinski definition) is 5. The van der Waals surface area contributed by atoms with Crippen molar-refractivity contribution in [2.45, 2.75) is 37.6 Å². The van der Waals surface area contributed by atoms with E-state index in [1.807, 2.05) is 30.3 Å². The lowest BCUT2D eigenvalue weighted by Crippen LogP contribution is -2.35. The third-order valence-electron chi connectivity index (χ3n) is 5.87. The van der Waals surface area contributed by atoms with Gasteiger partial charge in [0.25, 0.3) is 5.91 Å². The summed E-state index contributed by atoms with van der Waals surface area (Å²) in [4.78, 5) is 12.8. The summed E-state index contributed by atoms with van der Waals surface area (Å²) in [5.74, 6) is 0.629. The fourth-order valence-corrected chi connectivity index (χ4v) is 4.13. The van der Waals surface area contributed by atoms with Gasteiger partial charge in [0, 0.05) is 12.5 Å². The highest BCUT2D eigenvalue weighted by atomic mass is 19.4. The fourth-order valence-electron chi connectivity index (χ4n) is 4.13. The summed E-state index contributed by atoms with van der Waals surface area (Å²) in [6.45, 7) is 1.88. The van der Waals surface area contributed by atoms with Gasteiger partial charge in [-0.15, -0.1) is 0 Å². The van der Waals surface area contributed by atoms with E-state index >= 15 is 0 Å². The Morgan fingerprint density at radius 1 is 1.15 bits per heavy atom. The molecule has 2 aliphatic heterocycles. The van der Waals surface area contributed by atoms with Gasteiger partial charge in [-0.2, -0.15) is 18.3 Å². The zero-order valence-corrected chi connectivity index (χ0v) is 17.6. The van der Waals surface area contributed by atoms with Crippen LogP contribution in [-0.4, -0.2) is 28.7 Å². The molecule has 3 heterocycles. The molecular weight excluding hydrogens is 437 g/mol. The number of aromatic nitrogens is 2. The van der Waals surface area contributed by atoms with Crippen LogP contribution in [0, 0.1) is 0 Å². The van der Waals surface area contributed by atoms with Gasteiger partial charge in [0.15, 0.2) is 23.2 Å². The fraction of sp³-hybridized carbons (Fsp3) is 0.304. The van der Waals surface area contributed by atoms with Gasteiger partial charge in [0.2, 0.25) is 6.79 Å². The van der Waals surface area contributed by atoms with Crippen molar-refractivity contribution in [2.24, 2.45) is 0 Å². The maximum Gasteiger partial charge on any atom is 0.410 e. The summed E-state index contributed by atoms with van der Waals surface area (Å²) in [6.07, 6.45) is -4.82. The van der Waals surface area contributed by atoms with Crippen LogP contribution in [0.5, 0.6) is 11.5 Å². The zero-order valence-electron chi connectivity index (χ0n) is 17.6. The van der Waals surface area contributed by atoms with Gasteiger partial charge >= 0.3 is 6.18 Å². The van der Waals surface area contributed by atoms with Crippen molar-refractivity contribution < 1.29 is 27.4 Å².